The van der Waals surface area contributed by atoms with Crippen LogP contribution >= 0.6 is 0 Å². The molecule has 0 spiro atoms. The summed E-state index contributed by atoms with van der Waals surface area (Å²) in [6, 6.07) is 19.9. The topological polar surface area (TPSA) is 41.3 Å². The number of nitrogens with zero attached hydrogens (tertiary/aromatic N) is 1. The highest BCUT2D eigenvalue weighted by Gasteiger charge is 2.27. The molecule has 156 valence electrons. The molecule has 4 rings (SSSR count). The predicted molar refractivity (Wildman–Crippen MR) is 117 cm³/mol. The highest BCUT2D eigenvalue weighted by Crippen LogP contribution is 2.26. The van der Waals surface area contributed by atoms with E-state index in [1.165, 1.54) is 12.1 Å². The van der Waals surface area contributed by atoms with Crippen LogP contribution in [-0.2, 0) is 25.9 Å². The summed E-state index contributed by atoms with van der Waals surface area (Å²) in [7, 11) is 0. The first-order chi connectivity index (χ1) is 14.6. The lowest BCUT2D eigenvalue weighted by atomic mass is 9.90. The summed E-state index contributed by atoms with van der Waals surface area (Å²) in [5, 5.41) is 3.47. The van der Waals surface area contributed by atoms with Gasteiger partial charge >= 0.3 is 0 Å². The second kappa shape index (κ2) is 9.37. The molecule has 0 aliphatic carbocycles. The molecule has 3 N–H and O–H groups in total. The minimum Gasteiger partial charge on any atom is -0.399 e. The molecule has 1 aliphatic heterocycles. The number of nitrogens with one attached hydrogen (secondary N) is 1. The monoisotopic (exact) mass is 407 g/mol. The van der Waals surface area contributed by atoms with Gasteiger partial charge in [-0.15, -0.1) is 0 Å². The van der Waals surface area contributed by atoms with Gasteiger partial charge < -0.3 is 11.1 Å². The maximum absolute atomic E-state index is 14.3. The maximum atomic E-state index is 14.3. The Morgan fingerprint density at radius 2 is 1.83 bits per heavy atom. The van der Waals surface area contributed by atoms with Gasteiger partial charge in [-0.3, -0.25) is 4.90 Å². The molecule has 0 aromatic heterocycles. The Hall–Kier alpha value is -2.76. The third kappa shape index (κ3) is 5.04. The molecule has 1 atom stereocenters. The van der Waals surface area contributed by atoms with Gasteiger partial charge in [-0.2, -0.15) is 0 Å². The molecule has 1 unspecified atom stereocenters. The van der Waals surface area contributed by atoms with Crippen molar-refractivity contribution in [2.75, 3.05) is 18.8 Å². The highest BCUT2D eigenvalue weighted by atomic mass is 19.1. The number of hydrogen-bond acceptors (Lipinski definition) is 3. The molecule has 5 heteroatoms. The largest absolute Gasteiger partial charge is 0.399 e. The van der Waals surface area contributed by atoms with Gasteiger partial charge in [0.15, 0.2) is 0 Å². The lowest BCUT2D eigenvalue weighted by Crippen LogP contribution is -2.44. The number of fused-ring (bicyclic) bond motifs is 1. The van der Waals surface area contributed by atoms with Gasteiger partial charge in [0, 0.05) is 37.9 Å². The average molecular weight is 408 g/mol. The van der Waals surface area contributed by atoms with Gasteiger partial charge in [-0.25, -0.2) is 8.78 Å². The zero-order valence-electron chi connectivity index (χ0n) is 17.0. The molecule has 0 amide bonds. The van der Waals surface area contributed by atoms with Crippen LogP contribution in [0.3, 0.4) is 0 Å². The van der Waals surface area contributed by atoms with Gasteiger partial charge in [0.25, 0.3) is 0 Å². The van der Waals surface area contributed by atoms with E-state index in [9.17, 15) is 8.78 Å². The fourth-order valence-electron chi connectivity index (χ4n) is 4.21. The van der Waals surface area contributed by atoms with E-state index in [1.54, 1.807) is 12.1 Å². The van der Waals surface area contributed by atoms with E-state index in [0.717, 1.165) is 55.0 Å². The average Bonchev–Trinajstić information content (AvgIpc) is 2.73. The zero-order valence-corrected chi connectivity index (χ0v) is 17.0. The normalized spacial score (nSPS) is 16.4. The van der Waals surface area contributed by atoms with Crippen LogP contribution in [0.1, 0.15) is 22.3 Å². The Bertz CT molecular complexity index is 1010. The van der Waals surface area contributed by atoms with Gasteiger partial charge in [-0.1, -0.05) is 36.4 Å². The predicted octanol–water partition coefficient (Wildman–Crippen LogP) is 4.31. The first kappa shape index (κ1) is 20.5. The van der Waals surface area contributed by atoms with Crippen LogP contribution in [-0.4, -0.2) is 24.0 Å². The van der Waals surface area contributed by atoms with E-state index < -0.39 is 0 Å². The second-order valence-corrected chi connectivity index (χ2v) is 7.96. The Kier molecular flexibility index (Phi) is 6.41. The summed E-state index contributed by atoms with van der Waals surface area (Å²) in [5.74, 6) is -0.391. The molecule has 3 aromatic carbocycles. The molecule has 0 fully saturated rings. The van der Waals surface area contributed by atoms with Crippen molar-refractivity contribution in [1.82, 2.24) is 10.2 Å². The molecule has 3 nitrogen and oxygen atoms in total. The lowest BCUT2D eigenvalue weighted by molar-refractivity contribution is 0.169. The molecular formula is C25H27F2N3. The number of nitrogens with two attached hydrogens (primary N) is 1. The molecule has 0 saturated heterocycles. The first-order valence-electron chi connectivity index (χ1n) is 10.4. The molecule has 30 heavy (non-hydrogen) atoms. The van der Waals surface area contributed by atoms with Gasteiger partial charge in [-0.05, 0) is 65.4 Å². The fourth-order valence-corrected chi connectivity index (χ4v) is 4.21. The standard InChI is InChI=1S/C25H27F2N3/c26-22-9-8-20-17-30(11-10-29-16-18-4-3-6-23(28)12-18)24(15-21(20)13-22)14-19-5-1-2-7-25(19)27/h1-9,12-13,24,29H,10-11,14-17,28H2. The van der Waals surface area contributed by atoms with E-state index >= 15 is 0 Å². The number of rotatable bonds is 7. The number of hydrogen-bond donors (Lipinski definition) is 2. The van der Waals surface area contributed by atoms with Crippen molar-refractivity contribution in [3.8, 4) is 0 Å². The summed E-state index contributed by atoms with van der Waals surface area (Å²) >= 11 is 0. The van der Waals surface area contributed by atoms with E-state index in [0.29, 0.717) is 12.0 Å². The second-order valence-electron chi connectivity index (χ2n) is 7.96. The molecular weight excluding hydrogens is 380 g/mol. The number of nitrogen functional groups attached to an aromatic ring is 1. The smallest absolute Gasteiger partial charge is 0.126 e. The summed E-state index contributed by atoms with van der Waals surface area (Å²) in [6.07, 6.45) is 1.33. The minimum atomic E-state index is -0.212. The van der Waals surface area contributed by atoms with Crippen molar-refractivity contribution < 1.29 is 8.78 Å². The Morgan fingerprint density at radius 3 is 2.67 bits per heavy atom. The quantitative estimate of drug-likeness (QED) is 0.453. The van der Waals surface area contributed by atoms with Crippen LogP contribution in [0.5, 0.6) is 0 Å². The van der Waals surface area contributed by atoms with E-state index in [4.69, 9.17) is 5.73 Å². The molecule has 0 radical (unpaired) electrons. The van der Waals surface area contributed by atoms with E-state index in [-0.39, 0.29) is 17.7 Å². The van der Waals surface area contributed by atoms with E-state index in [2.05, 4.69) is 16.3 Å². The molecule has 0 bridgehead atoms. The van der Waals surface area contributed by atoms with Crippen molar-refractivity contribution in [1.29, 1.82) is 0 Å². The number of halogens is 2. The van der Waals surface area contributed by atoms with Crippen LogP contribution < -0.4 is 11.1 Å². The van der Waals surface area contributed by atoms with Crippen molar-refractivity contribution in [2.24, 2.45) is 0 Å². The fraction of sp³-hybridized carbons (Fsp3) is 0.280. The van der Waals surface area contributed by atoms with Gasteiger partial charge in [0.05, 0.1) is 0 Å². The van der Waals surface area contributed by atoms with Crippen LogP contribution in [0.15, 0.2) is 66.7 Å². The summed E-state index contributed by atoms with van der Waals surface area (Å²) < 4.78 is 28.0. The van der Waals surface area contributed by atoms with Crippen LogP contribution in [0.25, 0.3) is 0 Å². The zero-order chi connectivity index (χ0) is 20.9. The third-order valence-corrected chi connectivity index (χ3v) is 5.78. The van der Waals surface area contributed by atoms with Crippen molar-refractivity contribution in [2.45, 2.75) is 32.0 Å². The molecule has 1 aliphatic rings. The Balaban J connectivity index is 1.43. The summed E-state index contributed by atoms with van der Waals surface area (Å²) in [5.41, 5.74) is 10.6. The highest BCUT2D eigenvalue weighted by molar-refractivity contribution is 5.40. The van der Waals surface area contributed by atoms with Gasteiger partial charge in [0.2, 0.25) is 0 Å². The Labute approximate surface area is 176 Å². The minimum absolute atomic E-state index is 0.130. The van der Waals surface area contributed by atoms with E-state index in [1.807, 2.05) is 36.4 Å². The molecule has 0 saturated carbocycles. The van der Waals surface area contributed by atoms with Crippen LogP contribution in [0.2, 0.25) is 0 Å². The van der Waals surface area contributed by atoms with Crippen LogP contribution in [0, 0.1) is 11.6 Å². The number of anilines is 1. The summed E-state index contributed by atoms with van der Waals surface area (Å²) in [6.45, 7) is 3.13. The van der Waals surface area contributed by atoms with Gasteiger partial charge in [0.1, 0.15) is 11.6 Å². The van der Waals surface area contributed by atoms with Crippen molar-refractivity contribution >= 4 is 5.69 Å². The SMILES string of the molecule is Nc1cccc(CNCCN2Cc3ccc(F)cc3CC2Cc2ccccc2F)c1. The molecule has 1 heterocycles. The Morgan fingerprint density at radius 1 is 0.967 bits per heavy atom. The maximum Gasteiger partial charge on any atom is 0.126 e. The van der Waals surface area contributed by atoms with Crippen LogP contribution in [0.4, 0.5) is 14.5 Å². The number of benzene rings is 3. The lowest BCUT2D eigenvalue weighted by Gasteiger charge is -2.37. The molecule has 3 aromatic rings. The van der Waals surface area contributed by atoms with Crippen molar-refractivity contribution in [3.05, 3.63) is 101 Å². The summed E-state index contributed by atoms with van der Waals surface area (Å²) in [4.78, 5) is 2.37. The third-order valence-electron chi connectivity index (χ3n) is 5.78. The van der Waals surface area contributed by atoms with Crippen molar-refractivity contribution in [3.63, 3.8) is 0 Å². The first-order valence-corrected chi connectivity index (χ1v) is 10.4.